The number of hydrogen-bond acceptors (Lipinski definition) is 4. The van der Waals surface area contributed by atoms with Gasteiger partial charge in [0.2, 0.25) is 0 Å². The number of hydrogen-bond donors (Lipinski definition) is 2. The fraction of sp³-hybridized carbons (Fsp3) is 0.400. The Hall–Kier alpha value is -2.11. The number of anilines is 2. The van der Waals surface area contributed by atoms with Crippen LogP contribution < -0.4 is 15.5 Å². The third-order valence-corrected chi connectivity index (χ3v) is 6.54. The summed E-state index contributed by atoms with van der Waals surface area (Å²) in [7, 11) is 4.19. The van der Waals surface area contributed by atoms with Gasteiger partial charge in [-0.3, -0.25) is 0 Å². The average Bonchev–Trinajstić information content (AvgIpc) is 2.76. The predicted molar refractivity (Wildman–Crippen MR) is 132 cm³/mol. The highest BCUT2D eigenvalue weighted by atomic mass is 79.9. The van der Waals surface area contributed by atoms with Crippen molar-refractivity contribution in [2.75, 3.05) is 30.9 Å². The van der Waals surface area contributed by atoms with Crippen LogP contribution in [0.4, 0.5) is 11.5 Å². The number of pyridine rings is 1. The molecule has 1 aromatic heterocycles. The highest BCUT2D eigenvalue weighted by Gasteiger charge is 2.21. The first-order valence-corrected chi connectivity index (χ1v) is 11.7. The van der Waals surface area contributed by atoms with E-state index in [0.717, 1.165) is 28.8 Å². The molecule has 3 aromatic rings. The summed E-state index contributed by atoms with van der Waals surface area (Å²) in [4.78, 5) is 7.03. The molecule has 0 unspecified atom stereocenters. The zero-order valence-corrected chi connectivity index (χ0v) is 19.5. The van der Waals surface area contributed by atoms with Gasteiger partial charge in [0.25, 0.3) is 0 Å². The molecule has 1 fully saturated rings. The molecule has 0 radical (unpaired) electrons. The summed E-state index contributed by atoms with van der Waals surface area (Å²) in [6.45, 7) is 1.04. The quantitative estimate of drug-likeness (QED) is 0.473. The average molecular weight is 467 g/mol. The minimum Gasteiger partial charge on any atom is -0.377 e. The number of nitrogens with zero attached hydrogens (tertiary/aromatic N) is 2. The third kappa shape index (κ3) is 5.32. The molecule has 4 nitrogen and oxygen atoms in total. The first kappa shape index (κ1) is 21.1. The number of aromatic nitrogens is 1. The van der Waals surface area contributed by atoms with E-state index in [1.54, 1.807) is 0 Å². The van der Waals surface area contributed by atoms with Crippen LogP contribution in [0.15, 0.2) is 59.1 Å². The molecule has 0 aliphatic heterocycles. The number of fused-ring (bicyclic) bond motifs is 1. The van der Waals surface area contributed by atoms with Crippen molar-refractivity contribution in [3.63, 3.8) is 0 Å². The number of benzene rings is 2. The Morgan fingerprint density at radius 2 is 1.67 bits per heavy atom. The van der Waals surface area contributed by atoms with Crippen LogP contribution in [0, 0.1) is 0 Å². The fourth-order valence-electron chi connectivity index (χ4n) is 4.32. The summed E-state index contributed by atoms with van der Waals surface area (Å²) in [5.74, 6) is 0.990. The summed E-state index contributed by atoms with van der Waals surface area (Å²) in [5, 5.41) is 8.66. The maximum Gasteiger partial charge on any atom is 0.128 e. The maximum absolute atomic E-state index is 4.86. The summed E-state index contributed by atoms with van der Waals surface area (Å²) >= 11 is 3.50. The van der Waals surface area contributed by atoms with Crippen LogP contribution in [-0.2, 0) is 6.42 Å². The monoisotopic (exact) mass is 466 g/mol. The molecule has 0 spiro atoms. The van der Waals surface area contributed by atoms with E-state index in [1.165, 1.54) is 42.3 Å². The Kier molecular flexibility index (Phi) is 6.90. The van der Waals surface area contributed by atoms with Crippen LogP contribution in [0.2, 0.25) is 0 Å². The minimum absolute atomic E-state index is 0.498. The standard InChI is InChI=1S/C25H31BrN4/c1-30(2)24-17-25(29-23-6-4-3-5-22(23)24)28-21-13-11-20(12-14-21)27-16-15-18-7-9-19(26)10-8-18/h3-10,17,20-21,27H,11-16H2,1-2H3,(H,28,29)/t20-,21+. The molecule has 2 N–H and O–H groups in total. The molecule has 1 heterocycles. The van der Waals surface area contributed by atoms with Crippen molar-refractivity contribution in [1.29, 1.82) is 0 Å². The first-order valence-electron chi connectivity index (χ1n) is 10.9. The van der Waals surface area contributed by atoms with Gasteiger partial charge in [0.15, 0.2) is 0 Å². The lowest BCUT2D eigenvalue weighted by molar-refractivity contribution is 0.355. The van der Waals surface area contributed by atoms with Gasteiger partial charge in [-0.2, -0.15) is 0 Å². The van der Waals surface area contributed by atoms with Crippen molar-refractivity contribution < 1.29 is 0 Å². The topological polar surface area (TPSA) is 40.2 Å². The summed E-state index contributed by atoms with van der Waals surface area (Å²) in [6.07, 6.45) is 5.88. The lowest BCUT2D eigenvalue weighted by Crippen LogP contribution is -2.38. The third-order valence-electron chi connectivity index (χ3n) is 6.02. The second-order valence-corrected chi connectivity index (χ2v) is 9.38. The molecule has 1 aliphatic carbocycles. The Morgan fingerprint density at radius 1 is 0.967 bits per heavy atom. The van der Waals surface area contributed by atoms with E-state index in [9.17, 15) is 0 Å². The zero-order valence-electron chi connectivity index (χ0n) is 17.9. The molecule has 1 aliphatic rings. The fourth-order valence-corrected chi connectivity index (χ4v) is 4.59. The van der Waals surface area contributed by atoms with Gasteiger partial charge in [0, 0.05) is 47.8 Å². The van der Waals surface area contributed by atoms with Gasteiger partial charge in [-0.15, -0.1) is 0 Å². The van der Waals surface area contributed by atoms with E-state index in [1.807, 2.05) is 0 Å². The lowest BCUT2D eigenvalue weighted by atomic mass is 9.91. The van der Waals surface area contributed by atoms with Crippen molar-refractivity contribution in [2.24, 2.45) is 0 Å². The molecule has 5 heteroatoms. The van der Waals surface area contributed by atoms with E-state index in [-0.39, 0.29) is 0 Å². The zero-order chi connectivity index (χ0) is 20.9. The van der Waals surface area contributed by atoms with Crippen molar-refractivity contribution in [1.82, 2.24) is 10.3 Å². The molecule has 158 valence electrons. The summed E-state index contributed by atoms with van der Waals surface area (Å²) < 4.78 is 1.14. The Labute approximate surface area is 188 Å². The van der Waals surface area contributed by atoms with E-state index in [0.29, 0.717) is 12.1 Å². The smallest absolute Gasteiger partial charge is 0.128 e. The largest absolute Gasteiger partial charge is 0.377 e. The van der Waals surface area contributed by atoms with Crippen LogP contribution in [0.25, 0.3) is 10.9 Å². The molecule has 4 rings (SSSR count). The number of halogens is 1. The van der Waals surface area contributed by atoms with Crippen LogP contribution in [0.5, 0.6) is 0 Å². The summed E-state index contributed by atoms with van der Waals surface area (Å²) in [6, 6.07) is 20.3. The van der Waals surface area contributed by atoms with Crippen molar-refractivity contribution in [3.8, 4) is 0 Å². The molecule has 0 bridgehead atoms. The SMILES string of the molecule is CN(C)c1cc(N[C@H]2CC[C@@H](NCCc3ccc(Br)cc3)CC2)nc2ccccc12. The van der Waals surface area contributed by atoms with E-state index in [4.69, 9.17) is 4.98 Å². The predicted octanol–water partition coefficient (Wildman–Crippen LogP) is 5.62. The highest BCUT2D eigenvalue weighted by Crippen LogP contribution is 2.29. The maximum atomic E-state index is 4.86. The van der Waals surface area contributed by atoms with Crippen LogP contribution in [-0.4, -0.2) is 37.7 Å². The molecular weight excluding hydrogens is 436 g/mol. The van der Waals surface area contributed by atoms with Gasteiger partial charge in [-0.25, -0.2) is 4.98 Å². The van der Waals surface area contributed by atoms with E-state index >= 15 is 0 Å². The van der Waals surface area contributed by atoms with Crippen molar-refractivity contribution in [3.05, 3.63) is 64.6 Å². The Morgan fingerprint density at radius 3 is 2.40 bits per heavy atom. The molecule has 0 atom stereocenters. The first-order chi connectivity index (χ1) is 14.6. The molecule has 0 saturated heterocycles. The Bertz CT molecular complexity index is 963. The minimum atomic E-state index is 0.498. The van der Waals surface area contributed by atoms with Gasteiger partial charge < -0.3 is 15.5 Å². The van der Waals surface area contributed by atoms with Crippen molar-refractivity contribution in [2.45, 2.75) is 44.2 Å². The van der Waals surface area contributed by atoms with E-state index < -0.39 is 0 Å². The number of rotatable bonds is 7. The molecule has 2 aromatic carbocycles. The van der Waals surface area contributed by atoms with Gasteiger partial charge in [0.05, 0.1) is 5.52 Å². The molecule has 0 amide bonds. The van der Waals surface area contributed by atoms with Crippen LogP contribution in [0.3, 0.4) is 0 Å². The van der Waals surface area contributed by atoms with Crippen LogP contribution >= 0.6 is 15.9 Å². The van der Waals surface area contributed by atoms with Gasteiger partial charge >= 0.3 is 0 Å². The van der Waals surface area contributed by atoms with Crippen LogP contribution in [0.1, 0.15) is 31.2 Å². The van der Waals surface area contributed by atoms with Gasteiger partial charge in [-0.05, 0) is 62.4 Å². The van der Waals surface area contributed by atoms with Gasteiger partial charge in [-0.1, -0.05) is 46.3 Å². The second-order valence-electron chi connectivity index (χ2n) is 8.46. The normalized spacial score (nSPS) is 19.0. The lowest BCUT2D eigenvalue weighted by Gasteiger charge is -2.30. The van der Waals surface area contributed by atoms with Gasteiger partial charge in [0.1, 0.15) is 5.82 Å². The second kappa shape index (κ2) is 9.80. The Balaban J connectivity index is 1.29. The van der Waals surface area contributed by atoms with Crippen molar-refractivity contribution >= 4 is 38.3 Å². The number of para-hydroxylation sites is 1. The molecular formula is C25H31BrN4. The number of nitrogens with one attached hydrogen (secondary N) is 2. The summed E-state index contributed by atoms with van der Waals surface area (Å²) in [5.41, 5.74) is 3.65. The molecule has 30 heavy (non-hydrogen) atoms. The highest BCUT2D eigenvalue weighted by molar-refractivity contribution is 9.10. The van der Waals surface area contributed by atoms with E-state index in [2.05, 4.69) is 100 Å². The molecule has 1 saturated carbocycles.